The third-order valence-electron chi connectivity index (χ3n) is 2.74. The minimum absolute atomic E-state index is 0.138. The number of ether oxygens (including phenoxy) is 1. The average Bonchev–Trinajstić information content (AvgIpc) is 2.82. The molecule has 1 aromatic heterocycles. The van der Waals surface area contributed by atoms with E-state index in [-0.39, 0.29) is 24.3 Å². The number of esters is 1. The Labute approximate surface area is 125 Å². The lowest BCUT2D eigenvalue weighted by Gasteiger charge is -2.08. The van der Waals surface area contributed by atoms with Crippen LogP contribution in [-0.4, -0.2) is 33.4 Å². The molecule has 1 aromatic carbocycles. The van der Waals surface area contributed by atoms with Gasteiger partial charge in [0.25, 0.3) is 0 Å². The Hall–Kier alpha value is -2.34. The molecule has 6 nitrogen and oxygen atoms in total. The van der Waals surface area contributed by atoms with Gasteiger partial charge in [-0.2, -0.15) is 5.10 Å². The number of benzene rings is 1. The molecule has 0 aliphatic heterocycles. The van der Waals surface area contributed by atoms with E-state index in [1.54, 1.807) is 31.2 Å². The Morgan fingerprint density at radius 3 is 2.81 bits per heavy atom. The molecule has 0 unspecified atom stereocenters. The molecular formula is C14H13ClN2O4. The topological polar surface area (TPSA) is 81.4 Å². The Bertz CT molecular complexity index is 681. The van der Waals surface area contributed by atoms with Gasteiger partial charge in [-0.25, -0.2) is 9.48 Å². The van der Waals surface area contributed by atoms with E-state index in [2.05, 4.69) is 5.10 Å². The molecule has 0 bridgehead atoms. The van der Waals surface area contributed by atoms with Crippen molar-refractivity contribution in [1.29, 1.82) is 0 Å². The van der Waals surface area contributed by atoms with Gasteiger partial charge in [-0.05, 0) is 25.1 Å². The first-order valence-electron chi connectivity index (χ1n) is 6.24. The van der Waals surface area contributed by atoms with Crippen molar-refractivity contribution >= 4 is 23.5 Å². The van der Waals surface area contributed by atoms with Crippen LogP contribution in [0.15, 0.2) is 30.5 Å². The highest BCUT2D eigenvalue weighted by atomic mass is 35.5. The predicted molar refractivity (Wildman–Crippen MR) is 75.9 cm³/mol. The summed E-state index contributed by atoms with van der Waals surface area (Å²) >= 11 is 5.92. The number of halogens is 1. The predicted octanol–water partition coefficient (Wildman–Crippen LogP) is 2.33. The molecule has 110 valence electrons. The number of hydrogen-bond donors (Lipinski definition) is 1. The Kier molecular flexibility index (Phi) is 4.59. The lowest BCUT2D eigenvalue weighted by atomic mass is 10.2. The first-order valence-corrected chi connectivity index (χ1v) is 6.62. The highest BCUT2D eigenvalue weighted by Crippen LogP contribution is 2.19. The molecule has 0 atom stereocenters. The van der Waals surface area contributed by atoms with Gasteiger partial charge < -0.3 is 9.84 Å². The van der Waals surface area contributed by atoms with Crippen LogP contribution in [0.3, 0.4) is 0 Å². The fourth-order valence-electron chi connectivity index (χ4n) is 1.90. The van der Waals surface area contributed by atoms with Crippen molar-refractivity contribution in [3.05, 3.63) is 46.7 Å². The Morgan fingerprint density at radius 1 is 1.43 bits per heavy atom. The summed E-state index contributed by atoms with van der Waals surface area (Å²) < 4.78 is 6.29. The summed E-state index contributed by atoms with van der Waals surface area (Å²) in [4.78, 5) is 22.9. The van der Waals surface area contributed by atoms with Crippen LogP contribution in [0.5, 0.6) is 0 Å². The van der Waals surface area contributed by atoms with Gasteiger partial charge >= 0.3 is 11.9 Å². The van der Waals surface area contributed by atoms with E-state index in [1.165, 1.54) is 10.9 Å². The maximum absolute atomic E-state index is 11.9. The van der Waals surface area contributed by atoms with E-state index in [1.807, 2.05) is 0 Å². The van der Waals surface area contributed by atoms with Gasteiger partial charge in [0.1, 0.15) is 5.56 Å². The maximum Gasteiger partial charge on any atom is 0.341 e. The lowest BCUT2D eigenvalue weighted by Crippen LogP contribution is -2.13. The molecule has 0 aliphatic rings. The van der Waals surface area contributed by atoms with Crippen molar-refractivity contribution in [2.45, 2.75) is 13.3 Å². The van der Waals surface area contributed by atoms with Crippen LogP contribution in [-0.2, 0) is 16.0 Å². The summed E-state index contributed by atoms with van der Waals surface area (Å²) in [6, 6.07) is 6.76. The van der Waals surface area contributed by atoms with E-state index in [4.69, 9.17) is 21.4 Å². The molecule has 0 saturated heterocycles. The number of aliphatic carboxylic acids is 1. The van der Waals surface area contributed by atoms with Crippen molar-refractivity contribution in [1.82, 2.24) is 9.78 Å². The van der Waals surface area contributed by atoms with Crippen molar-refractivity contribution in [2.24, 2.45) is 0 Å². The number of rotatable bonds is 5. The van der Waals surface area contributed by atoms with E-state index >= 15 is 0 Å². The second-order valence-electron chi connectivity index (χ2n) is 4.19. The average molecular weight is 309 g/mol. The lowest BCUT2D eigenvalue weighted by molar-refractivity contribution is -0.136. The second kappa shape index (κ2) is 6.41. The molecule has 0 saturated carbocycles. The third kappa shape index (κ3) is 3.41. The monoisotopic (exact) mass is 308 g/mol. The first kappa shape index (κ1) is 15.1. The van der Waals surface area contributed by atoms with E-state index in [0.717, 1.165) is 0 Å². The number of nitrogens with zero attached hydrogens (tertiary/aromatic N) is 2. The minimum Gasteiger partial charge on any atom is -0.481 e. The highest BCUT2D eigenvalue weighted by Gasteiger charge is 2.21. The molecule has 2 rings (SSSR count). The normalized spacial score (nSPS) is 10.4. The number of carbonyl (C=O) groups excluding carboxylic acids is 1. The number of aromatic nitrogens is 2. The van der Waals surface area contributed by atoms with Crippen molar-refractivity contribution < 1.29 is 19.4 Å². The summed E-state index contributed by atoms with van der Waals surface area (Å²) in [5.74, 6) is -1.66. The summed E-state index contributed by atoms with van der Waals surface area (Å²) in [5, 5.41) is 13.6. The summed E-state index contributed by atoms with van der Waals surface area (Å²) in [5.41, 5.74) is 0.969. The van der Waals surface area contributed by atoms with Crippen molar-refractivity contribution in [3.63, 3.8) is 0 Å². The fraction of sp³-hybridized carbons (Fsp3) is 0.214. The number of carbonyl (C=O) groups is 2. The van der Waals surface area contributed by atoms with Gasteiger partial charge in [0.15, 0.2) is 0 Å². The number of carboxylic acids is 1. The first-order chi connectivity index (χ1) is 10.0. The molecule has 0 radical (unpaired) electrons. The van der Waals surface area contributed by atoms with Crippen LogP contribution in [0.25, 0.3) is 5.69 Å². The van der Waals surface area contributed by atoms with E-state index < -0.39 is 11.9 Å². The summed E-state index contributed by atoms with van der Waals surface area (Å²) in [7, 11) is 0. The Morgan fingerprint density at radius 2 is 2.19 bits per heavy atom. The SMILES string of the molecule is CCOC(=O)c1cnn(-c2cccc(Cl)c2)c1CC(=O)O. The third-order valence-corrected chi connectivity index (χ3v) is 2.97. The van der Waals surface area contributed by atoms with Crippen LogP contribution >= 0.6 is 11.6 Å². The van der Waals surface area contributed by atoms with Crippen LogP contribution in [0.1, 0.15) is 23.0 Å². The van der Waals surface area contributed by atoms with Gasteiger partial charge in [-0.3, -0.25) is 4.79 Å². The number of hydrogen-bond acceptors (Lipinski definition) is 4. The quantitative estimate of drug-likeness (QED) is 0.857. The van der Waals surface area contributed by atoms with Crippen LogP contribution in [0, 0.1) is 0 Å². The molecular weight excluding hydrogens is 296 g/mol. The van der Waals surface area contributed by atoms with Gasteiger partial charge in [-0.1, -0.05) is 17.7 Å². The minimum atomic E-state index is -1.07. The van der Waals surface area contributed by atoms with Gasteiger partial charge in [0.2, 0.25) is 0 Å². The smallest absolute Gasteiger partial charge is 0.341 e. The second-order valence-corrected chi connectivity index (χ2v) is 4.62. The molecule has 0 spiro atoms. The Balaban J connectivity index is 2.51. The largest absolute Gasteiger partial charge is 0.481 e. The number of carboxylic acid groups (broad SMARTS) is 1. The van der Waals surface area contributed by atoms with Gasteiger partial charge in [-0.15, -0.1) is 0 Å². The fourth-order valence-corrected chi connectivity index (χ4v) is 2.08. The highest BCUT2D eigenvalue weighted by molar-refractivity contribution is 6.30. The van der Waals surface area contributed by atoms with E-state index in [0.29, 0.717) is 10.7 Å². The molecule has 1 N–H and O–H groups in total. The molecule has 0 fully saturated rings. The molecule has 2 aromatic rings. The van der Waals surface area contributed by atoms with Crippen molar-refractivity contribution in [3.8, 4) is 5.69 Å². The maximum atomic E-state index is 11.9. The molecule has 0 aliphatic carbocycles. The summed E-state index contributed by atoms with van der Waals surface area (Å²) in [6.07, 6.45) is 0.956. The molecule has 1 heterocycles. The zero-order valence-electron chi connectivity index (χ0n) is 11.2. The van der Waals surface area contributed by atoms with Crippen LogP contribution in [0.4, 0.5) is 0 Å². The summed E-state index contributed by atoms with van der Waals surface area (Å²) in [6.45, 7) is 1.88. The van der Waals surface area contributed by atoms with E-state index in [9.17, 15) is 9.59 Å². The van der Waals surface area contributed by atoms with Gasteiger partial charge in [0, 0.05) is 5.02 Å². The molecule has 21 heavy (non-hydrogen) atoms. The standard InChI is InChI=1S/C14H13ClN2O4/c1-2-21-14(20)11-8-16-17(12(11)7-13(18)19)10-5-3-4-9(15)6-10/h3-6,8H,2,7H2,1H3,(H,18,19). The zero-order valence-corrected chi connectivity index (χ0v) is 12.0. The molecule has 0 amide bonds. The van der Waals surface area contributed by atoms with Crippen molar-refractivity contribution in [2.75, 3.05) is 6.61 Å². The molecule has 7 heteroatoms. The zero-order chi connectivity index (χ0) is 15.4. The van der Waals surface area contributed by atoms with Gasteiger partial charge in [0.05, 0.1) is 30.6 Å². The van der Waals surface area contributed by atoms with Crippen LogP contribution < -0.4 is 0 Å². The van der Waals surface area contributed by atoms with Crippen LogP contribution in [0.2, 0.25) is 5.02 Å².